The lowest BCUT2D eigenvalue weighted by molar-refractivity contribution is -0.121. The average molecular weight is 291 g/mol. The molecule has 5 nitrogen and oxygen atoms in total. The van der Waals surface area contributed by atoms with Crippen LogP contribution in [-0.4, -0.2) is 35.0 Å². The van der Waals surface area contributed by atoms with E-state index in [0.29, 0.717) is 11.6 Å². The number of halogens is 1. The topological polar surface area (TPSA) is 58.1 Å². The quantitative estimate of drug-likeness (QED) is 0.873. The summed E-state index contributed by atoms with van der Waals surface area (Å²) in [6, 6.07) is 5.18. The van der Waals surface area contributed by atoms with Gasteiger partial charge in [0.15, 0.2) is 0 Å². The highest BCUT2D eigenvalue weighted by atomic mass is 35.5. The first kappa shape index (κ1) is 13.1. The van der Waals surface area contributed by atoms with Crippen LogP contribution in [0.5, 0.6) is 0 Å². The number of anilines is 1. The molecule has 1 aromatic carbocycles. The van der Waals surface area contributed by atoms with Crippen LogP contribution in [-0.2, 0) is 4.79 Å². The Bertz CT molecular complexity index is 661. The number of carbonyl (C=O) groups is 1. The van der Waals surface area contributed by atoms with E-state index in [2.05, 4.69) is 15.3 Å². The van der Waals surface area contributed by atoms with E-state index in [1.54, 1.807) is 18.3 Å². The van der Waals surface area contributed by atoms with Gasteiger partial charge < -0.3 is 10.2 Å². The van der Waals surface area contributed by atoms with Crippen molar-refractivity contribution < 1.29 is 4.79 Å². The summed E-state index contributed by atoms with van der Waals surface area (Å²) in [7, 11) is 0. The SMILES string of the molecule is CC1C(=O)NCCCN1c1cnc2cc(Cl)ccc2n1. The zero-order valence-corrected chi connectivity index (χ0v) is 11.9. The Labute approximate surface area is 122 Å². The molecule has 0 spiro atoms. The standard InChI is InChI=1S/C14H15ClN4O/c1-9-14(20)16-5-2-6-19(9)13-8-17-12-7-10(15)3-4-11(12)18-13/h3-4,7-9H,2,5-6H2,1H3,(H,16,20). The molecule has 1 saturated heterocycles. The maximum absolute atomic E-state index is 11.9. The number of fused-ring (bicyclic) bond motifs is 1. The van der Waals surface area contributed by atoms with Gasteiger partial charge in [0, 0.05) is 18.1 Å². The Kier molecular flexibility index (Phi) is 3.44. The molecule has 0 aliphatic carbocycles. The minimum Gasteiger partial charge on any atom is -0.354 e. The zero-order chi connectivity index (χ0) is 14.1. The number of hydrogen-bond acceptors (Lipinski definition) is 4. The second-order valence-corrected chi connectivity index (χ2v) is 5.31. The van der Waals surface area contributed by atoms with Crippen molar-refractivity contribution in [1.29, 1.82) is 0 Å². The van der Waals surface area contributed by atoms with Gasteiger partial charge in [-0.1, -0.05) is 11.6 Å². The van der Waals surface area contributed by atoms with Gasteiger partial charge in [0.25, 0.3) is 0 Å². The minimum atomic E-state index is -0.239. The monoisotopic (exact) mass is 290 g/mol. The van der Waals surface area contributed by atoms with Gasteiger partial charge in [-0.3, -0.25) is 9.78 Å². The third-order valence-electron chi connectivity index (χ3n) is 3.51. The van der Waals surface area contributed by atoms with E-state index in [9.17, 15) is 4.79 Å². The first-order valence-corrected chi connectivity index (χ1v) is 6.99. The van der Waals surface area contributed by atoms with Crippen molar-refractivity contribution in [1.82, 2.24) is 15.3 Å². The molecule has 0 bridgehead atoms. The molecule has 1 aromatic heterocycles. The normalized spacial score (nSPS) is 19.8. The number of aromatic nitrogens is 2. The fourth-order valence-electron chi connectivity index (χ4n) is 2.37. The molecule has 0 saturated carbocycles. The first-order valence-electron chi connectivity index (χ1n) is 6.62. The van der Waals surface area contributed by atoms with Gasteiger partial charge >= 0.3 is 0 Å². The summed E-state index contributed by atoms with van der Waals surface area (Å²) in [5.41, 5.74) is 1.54. The van der Waals surface area contributed by atoms with E-state index in [4.69, 9.17) is 11.6 Å². The van der Waals surface area contributed by atoms with Gasteiger partial charge in [0.2, 0.25) is 5.91 Å². The van der Waals surface area contributed by atoms with Gasteiger partial charge in [-0.05, 0) is 31.5 Å². The molecule has 1 fully saturated rings. The summed E-state index contributed by atoms with van der Waals surface area (Å²) >= 11 is 5.94. The van der Waals surface area contributed by atoms with Gasteiger partial charge in [-0.2, -0.15) is 0 Å². The third-order valence-corrected chi connectivity index (χ3v) is 3.74. The van der Waals surface area contributed by atoms with Crippen LogP contribution in [0.15, 0.2) is 24.4 Å². The second-order valence-electron chi connectivity index (χ2n) is 4.88. The molecule has 3 rings (SSSR count). The molecular weight excluding hydrogens is 276 g/mol. The van der Waals surface area contributed by atoms with Crippen molar-refractivity contribution in [2.45, 2.75) is 19.4 Å². The average Bonchev–Trinajstić information content (AvgIpc) is 2.61. The van der Waals surface area contributed by atoms with Crippen LogP contribution in [0.2, 0.25) is 5.02 Å². The van der Waals surface area contributed by atoms with Crippen LogP contribution >= 0.6 is 11.6 Å². The Morgan fingerprint density at radius 3 is 3.10 bits per heavy atom. The smallest absolute Gasteiger partial charge is 0.242 e. The van der Waals surface area contributed by atoms with E-state index in [1.165, 1.54) is 0 Å². The van der Waals surface area contributed by atoms with Crippen molar-refractivity contribution in [3.63, 3.8) is 0 Å². The number of hydrogen-bond donors (Lipinski definition) is 1. The van der Waals surface area contributed by atoms with E-state index in [1.807, 2.05) is 17.9 Å². The van der Waals surface area contributed by atoms with E-state index in [-0.39, 0.29) is 11.9 Å². The van der Waals surface area contributed by atoms with Crippen LogP contribution in [0.3, 0.4) is 0 Å². The van der Waals surface area contributed by atoms with E-state index >= 15 is 0 Å². The van der Waals surface area contributed by atoms with E-state index < -0.39 is 0 Å². The summed E-state index contributed by atoms with van der Waals surface area (Å²) in [6.45, 7) is 3.37. The van der Waals surface area contributed by atoms with E-state index in [0.717, 1.165) is 29.8 Å². The molecule has 1 unspecified atom stereocenters. The fourth-order valence-corrected chi connectivity index (χ4v) is 2.54. The summed E-state index contributed by atoms with van der Waals surface area (Å²) < 4.78 is 0. The van der Waals surface area contributed by atoms with Crippen molar-refractivity contribution >= 4 is 34.4 Å². The van der Waals surface area contributed by atoms with Crippen LogP contribution in [0.4, 0.5) is 5.82 Å². The van der Waals surface area contributed by atoms with Crippen LogP contribution in [0.1, 0.15) is 13.3 Å². The largest absolute Gasteiger partial charge is 0.354 e. The van der Waals surface area contributed by atoms with Crippen molar-refractivity contribution in [3.05, 3.63) is 29.4 Å². The number of rotatable bonds is 1. The van der Waals surface area contributed by atoms with Crippen molar-refractivity contribution in [3.8, 4) is 0 Å². The Morgan fingerprint density at radius 2 is 2.25 bits per heavy atom. The molecule has 1 N–H and O–H groups in total. The van der Waals surface area contributed by atoms with Crippen molar-refractivity contribution in [2.24, 2.45) is 0 Å². The second kappa shape index (κ2) is 5.25. The molecule has 2 heterocycles. The van der Waals surface area contributed by atoms with Gasteiger partial charge in [0.05, 0.1) is 17.2 Å². The summed E-state index contributed by atoms with van der Waals surface area (Å²) in [6.07, 6.45) is 2.60. The molecule has 1 aliphatic rings. The van der Waals surface area contributed by atoms with Gasteiger partial charge in [-0.25, -0.2) is 4.98 Å². The zero-order valence-electron chi connectivity index (χ0n) is 11.1. The molecule has 1 amide bonds. The molecular formula is C14H15ClN4O. The Balaban J connectivity index is 2.00. The van der Waals surface area contributed by atoms with Crippen LogP contribution in [0, 0.1) is 0 Å². The molecule has 104 valence electrons. The molecule has 0 radical (unpaired) electrons. The lowest BCUT2D eigenvalue weighted by Gasteiger charge is -2.26. The van der Waals surface area contributed by atoms with Gasteiger partial charge in [0.1, 0.15) is 11.9 Å². The molecule has 2 aromatic rings. The van der Waals surface area contributed by atoms with Crippen LogP contribution in [0.25, 0.3) is 11.0 Å². The molecule has 1 atom stereocenters. The third kappa shape index (κ3) is 2.41. The number of carbonyl (C=O) groups excluding carboxylic acids is 1. The minimum absolute atomic E-state index is 0.0282. The highest BCUT2D eigenvalue weighted by Crippen LogP contribution is 2.21. The number of nitrogens with zero attached hydrogens (tertiary/aromatic N) is 3. The highest BCUT2D eigenvalue weighted by molar-refractivity contribution is 6.31. The van der Waals surface area contributed by atoms with Crippen molar-refractivity contribution in [2.75, 3.05) is 18.0 Å². The summed E-state index contributed by atoms with van der Waals surface area (Å²) in [5.74, 6) is 0.755. The Hall–Kier alpha value is -1.88. The summed E-state index contributed by atoms with van der Waals surface area (Å²) in [4.78, 5) is 22.9. The number of benzene rings is 1. The molecule has 6 heteroatoms. The first-order chi connectivity index (χ1) is 9.65. The maximum Gasteiger partial charge on any atom is 0.242 e. The fraction of sp³-hybridized carbons (Fsp3) is 0.357. The predicted octanol–water partition coefficient (Wildman–Crippen LogP) is 2.00. The maximum atomic E-state index is 11.9. The van der Waals surface area contributed by atoms with Gasteiger partial charge in [-0.15, -0.1) is 0 Å². The number of amides is 1. The number of nitrogens with one attached hydrogen (secondary N) is 1. The lowest BCUT2D eigenvalue weighted by atomic mass is 10.2. The molecule has 20 heavy (non-hydrogen) atoms. The lowest BCUT2D eigenvalue weighted by Crippen LogP contribution is -2.42. The highest BCUT2D eigenvalue weighted by Gasteiger charge is 2.25. The summed E-state index contributed by atoms with van der Waals surface area (Å²) in [5, 5.41) is 3.53. The Morgan fingerprint density at radius 1 is 1.40 bits per heavy atom. The van der Waals surface area contributed by atoms with Crippen LogP contribution < -0.4 is 10.2 Å². The predicted molar refractivity (Wildman–Crippen MR) is 79.0 cm³/mol. The molecule has 1 aliphatic heterocycles.